The molecule has 0 spiro atoms. The van der Waals surface area contributed by atoms with Crippen LogP contribution in [0, 0.1) is 0 Å². The topological polar surface area (TPSA) is 174 Å². The quantitative estimate of drug-likeness (QED) is 0.310. The summed E-state index contributed by atoms with van der Waals surface area (Å²) in [4.78, 5) is 12.2. The number of carbonyl (C=O) groups is 1. The van der Waals surface area contributed by atoms with E-state index in [0.717, 1.165) is 0 Å². The van der Waals surface area contributed by atoms with Crippen molar-refractivity contribution in [2.75, 3.05) is 18.5 Å². The molecule has 0 aromatic heterocycles. The zero-order chi connectivity index (χ0) is 20.1. The first-order valence-corrected chi connectivity index (χ1v) is 8.56. The summed E-state index contributed by atoms with van der Waals surface area (Å²) in [6.07, 6.45) is -5.87. The van der Waals surface area contributed by atoms with Crippen molar-refractivity contribution >= 4 is 11.6 Å². The van der Waals surface area contributed by atoms with Gasteiger partial charge in [-0.25, -0.2) is 0 Å². The van der Waals surface area contributed by atoms with Gasteiger partial charge in [-0.3, -0.25) is 4.79 Å². The number of ether oxygens (including phenoxy) is 1. The van der Waals surface area contributed by atoms with Crippen molar-refractivity contribution in [2.45, 2.75) is 43.9 Å². The molecule has 0 aliphatic carbocycles. The molecule has 1 saturated heterocycles. The third kappa shape index (κ3) is 5.41. The van der Waals surface area contributed by atoms with Crippen LogP contribution in [0.5, 0.6) is 5.75 Å². The summed E-state index contributed by atoms with van der Waals surface area (Å²) < 4.78 is 5.59. The van der Waals surface area contributed by atoms with E-state index in [4.69, 9.17) is 4.74 Å². The van der Waals surface area contributed by atoms with Crippen LogP contribution in [0.25, 0.3) is 0 Å². The van der Waals surface area contributed by atoms with Gasteiger partial charge in [-0.1, -0.05) is 6.58 Å². The molecule has 5 atom stereocenters. The second-order valence-corrected chi connectivity index (χ2v) is 6.41. The Kier molecular flexibility index (Phi) is 8.82. The number of anilines is 1. The van der Waals surface area contributed by atoms with E-state index < -0.39 is 37.2 Å². The maximum Gasteiger partial charge on any atom is 0.221 e. The molecular weight excluding hydrogens is 372 g/mol. The standard InChI is InChI=1S/C18H26N2O7.H2O/c1-10(20-14(9-21)15(23)16(24)17(25)18(20)26)7-8-27-13-5-3-12(4-6-13)19-11(2)22;/h3-6,14-18,21,23-26H,1,7-9H2,2H3,(H,19,22);1H2/t14-,15-,16+,17-,18?;/m1./s1. The van der Waals surface area contributed by atoms with Crippen molar-refractivity contribution in [1.82, 2.24) is 4.90 Å². The fraction of sp³-hybridized carbons (Fsp3) is 0.500. The first-order chi connectivity index (χ1) is 12.8. The lowest BCUT2D eigenvalue weighted by molar-refractivity contribution is -0.213. The van der Waals surface area contributed by atoms with Crippen LogP contribution in [0.4, 0.5) is 5.69 Å². The van der Waals surface area contributed by atoms with E-state index in [1.54, 1.807) is 24.3 Å². The minimum atomic E-state index is -1.60. The molecule has 1 aromatic rings. The highest BCUT2D eigenvalue weighted by Gasteiger charge is 2.47. The van der Waals surface area contributed by atoms with Gasteiger partial charge in [-0.05, 0) is 24.3 Å². The first kappa shape index (κ1) is 23.8. The van der Waals surface area contributed by atoms with E-state index in [2.05, 4.69) is 11.9 Å². The maximum atomic E-state index is 11.0. The van der Waals surface area contributed by atoms with Crippen LogP contribution in [-0.4, -0.2) is 85.6 Å². The number of aliphatic hydroxyl groups is 5. The van der Waals surface area contributed by atoms with E-state index >= 15 is 0 Å². The average Bonchev–Trinajstić information content (AvgIpc) is 2.63. The molecule has 1 heterocycles. The van der Waals surface area contributed by atoms with Gasteiger partial charge in [0.25, 0.3) is 0 Å². The smallest absolute Gasteiger partial charge is 0.221 e. The largest absolute Gasteiger partial charge is 0.493 e. The summed E-state index contributed by atoms with van der Waals surface area (Å²) >= 11 is 0. The minimum Gasteiger partial charge on any atom is -0.493 e. The summed E-state index contributed by atoms with van der Waals surface area (Å²) in [5, 5.41) is 51.9. The zero-order valence-electron chi connectivity index (χ0n) is 15.5. The lowest BCUT2D eigenvalue weighted by Crippen LogP contribution is -2.66. The highest BCUT2D eigenvalue weighted by atomic mass is 16.5. The molecule has 8 N–H and O–H groups in total. The Bertz CT molecular complexity index is 653. The Morgan fingerprint density at radius 2 is 1.75 bits per heavy atom. The van der Waals surface area contributed by atoms with E-state index in [1.165, 1.54) is 11.8 Å². The van der Waals surface area contributed by atoms with Gasteiger partial charge < -0.3 is 46.0 Å². The Labute approximate surface area is 162 Å². The van der Waals surface area contributed by atoms with Crippen LogP contribution < -0.4 is 10.1 Å². The van der Waals surface area contributed by atoms with Crippen LogP contribution in [0.15, 0.2) is 36.5 Å². The number of likely N-dealkylation sites (tertiary alicyclic amines) is 1. The molecule has 2 rings (SSSR count). The number of aliphatic hydroxyl groups excluding tert-OH is 5. The van der Waals surface area contributed by atoms with Crippen LogP contribution in [0.3, 0.4) is 0 Å². The predicted octanol–water partition coefficient (Wildman–Crippen LogP) is -1.82. The SMILES string of the molecule is C=C(CCOc1ccc(NC(C)=O)cc1)N1C(O)[C@H](O)[C@@H](O)[C@H](O)[C@H]1CO.O. The summed E-state index contributed by atoms with van der Waals surface area (Å²) in [5.74, 6) is 0.387. The third-order valence-electron chi connectivity index (χ3n) is 4.43. The number of amides is 1. The Morgan fingerprint density at radius 1 is 1.14 bits per heavy atom. The van der Waals surface area contributed by atoms with Crippen LogP contribution >= 0.6 is 0 Å². The minimum absolute atomic E-state index is 0. The number of hydrogen-bond donors (Lipinski definition) is 6. The Morgan fingerprint density at radius 3 is 2.29 bits per heavy atom. The highest BCUT2D eigenvalue weighted by Crippen LogP contribution is 2.28. The van der Waals surface area contributed by atoms with Gasteiger partial charge >= 0.3 is 0 Å². The fourth-order valence-electron chi connectivity index (χ4n) is 3.00. The molecule has 28 heavy (non-hydrogen) atoms. The molecule has 0 bridgehead atoms. The second kappa shape index (κ2) is 10.4. The highest BCUT2D eigenvalue weighted by molar-refractivity contribution is 5.88. The number of nitrogens with one attached hydrogen (secondary N) is 1. The van der Waals surface area contributed by atoms with Crippen molar-refractivity contribution < 1.29 is 40.5 Å². The van der Waals surface area contributed by atoms with E-state index in [0.29, 0.717) is 17.1 Å². The average molecular weight is 400 g/mol. The lowest BCUT2D eigenvalue weighted by atomic mass is 9.92. The summed E-state index contributed by atoms with van der Waals surface area (Å²) in [5.41, 5.74) is 0.976. The molecule has 0 saturated carbocycles. The van der Waals surface area contributed by atoms with Crippen molar-refractivity contribution in [3.63, 3.8) is 0 Å². The Hall–Kier alpha value is -2.21. The molecule has 1 aliphatic rings. The molecule has 10 nitrogen and oxygen atoms in total. The van der Waals surface area contributed by atoms with Crippen molar-refractivity contribution in [3.8, 4) is 5.75 Å². The van der Waals surface area contributed by atoms with Crippen LogP contribution in [0.1, 0.15) is 13.3 Å². The van der Waals surface area contributed by atoms with E-state index in [-0.39, 0.29) is 24.4 Å². The lowest BCUT2D eigenvalue weighted by Gasteiger charge is -2.48. The molecule has 1 amide bonds. The van der Waals surface area contributed by atoms with Crippen molar-refractivity contribution in [3.05, 3.63) is 36.5 Å². The van der Waals surface area contributed by atoms with Gasteiger partial charge in [-0.15, -0.1) is 0 Å². The number of benzene rings is 1. The van der Waals surface area contributed by atoms with Gasteiger partial charge in [0.05, 0.1) is 19.3 Å². The number of nitrogens with zero attached hydrogens (tertiary/aromatic N) is 1. The molecule has 0 radical (unpaired) electrons. The predicted molar refractivity (Wildman–Crippen MR) is 100 cm³/mol. The van der Waals surface area contributed by atoms with E-state index in [1.807, 2.05) is 0 Å². The summed E-state index contributed by atoms with van der Waals surface area (Å²) in [6, 6.07) is 5.75. The molecule has 158 valence electrons. The van der Waals surface area contributed by atoms with Gasteiger partial charge in [0.2, 0.25) is 5.91 Å². The second-order valence-electron chi connectivity index (χ2n) is 6.41. The van der Waals surface area contributed by atoms with Gasteiger partial charge in [0.1, 0.15) is 24.1 Å². The van der Waals surface area contributed by atoms with Crippen LogP contribution in [0.2, 0.25) is 0 Å². The first-order valence-electron chi connectivity index (χ1n) is 8.56. The molecule has 1 aromatic carbocycles. The maximum absolute atomic E-state index is 11.0. The van der Waals surface area contributed by atoms with Gasteiger partial charge in [0.15, 0.2) is 6.23 Å². The molecule has 1 unspecified atom stereocenters. The number of rotatable bonds is 7. The summed E-state index contributed by atoms with van der Waals surface area (Å²) in [6.45, 7) is 4.89. The molecule has 10 heteroatoms. The van der Waals surface area contributed by atoms with Crippen LogP contribution in [-0.2, 0) is 4.79 Å². The summed E-state index contributed by atoms with van der Waals surface area (Å²) in [7, 11) is 0. The fourth-order valence-corrected chi connectivity index (χ4v) is 3.00. The Balaban J connectivity index is 0.00000392. The van der Waals surface area contributed by atoms with Gasteiger partial charge in [0, 0.05) is 24.7 Å². The normalized spacial score (nSPS) is 26.9. The van der Waals surface area contributed by atoms with Gasteiger partial charge in [-0.2, -0.15) is 0 Å². The third-order valence-corrected chi connectivity index (χ3v) is 4.43. The number of hydrogen-bond acceptors (Lipinski definition) is 8. The molecular formula is C18H28N2O8. The number of carbonyl (C=O) groups excluding carboxylic acids is 1. The van der Waals surface area contributed by atoms with Crippen molar-refractivity contribution in [1.29, 1.82) is 0 Å². The number of piperidine rings is 1. The molecule has 1 aliphatic heterocycles. The monoisotopic (exact) mass is 400 g/mol. The van der Waals surface area contributed by atoms with E-state index in [9.17, 15) is 30.3 Å². The van der Waals surface area contributed by atoms with Crippen molar-refractivity contribution in [2.24, 2.45) is 0 Å². The molecule has 1 fully saturated rings. The zero-order valence-corrected chi connectivity index (χ0v) is 15.5.